The van der Waals surface area contributed by atoms with Gasteiger partial charge in [-0.2, -0.15) is 0 Å². The molecule has 1 aliphatic rings. The lowest BCUT2D eigenvalue weighted by Gasteiger charge is -2.27. The van der Waals surface area contributed by atoms with E-state index in [0.717, 1.165) is 5.56 Å². The van der Waals surface area contributed by atoms with Crippen LogP contribution in [0, 0.1) is 12.3 Å². The highest BCUT2D eigenvalue weighted by Crippen LogP contribution is 2.43. The predicted octanol–water partition coefficient (Wildman–Crippen LogP) is 4.10. The summed E-state index contributed by atoms with van der Waals surface area (Å²) in [5.41, 5.74) is 0.916. The number of benzene rings is 1. The molecule has 5 nitrogen and oxygen atoms in total. The van der Waals surface area contributed by atoms with E-state index < -0.39 is 23.1 Å². The zero-order chi connectivity index (χ0) is 18.4. The molecule has 25 heavy (non-hydrogen) atoms. The predicted molar refractivity (Wildman–Crippen MR) is 94.2 cm³/mol. The fourth-order valence-electron chi connectivity index (χ4n) is 3.00. The Bertz CT molecular complexity index is 856. The van der Waals surface area contributed by atoms with Crippen LogP contribution in [0.15, 0.2) is 58.4 Å². The third-order valence-electron chi connectivity index (χ3n) is 4.23. The van der Waals surface area contributed by atoms with Crippen LogP contribution in [0.1, 0.15) is 38.1 Å². The number of ketones is 1. The lowest BCUT2D eigenvalue weighted by atomic mass is 9.83. The summed E-state index contributed by atoms with van der Waals surface area (Å²) in [5.74, 6) is -0.955. The SMILES string of the molecule is Cc1cccc(N2C(=O)C(O)=C(C(=O)C(C)(C)C)C2c2ccco2)c1. The van der Waals surface area contributed by atoms with Crippen LogP contribution in [-0.4, -0.2) is 16.8 Å². The van der Waals surface area contributed by atoms with E-state index in [0.29, 0.717) is 11.4 Å². The van der Waals surface area contributed by atoms with Crippen molar-refractivity contribution in [3.63, 3.8) is 0 Å². The first-order valence-corrected chi connectivity index (χ1v) is 8.13. The lowest BCUT2D eigenvalue weighted by molar-refractivity contribution is -0.123. The maximum Gasteiger partial charge on any atom is 0.294 e. The van der Waals surface area contributed by atoms with Crippen molar-refractivity contribution in [2.45, 2.75) is 33.7 Å². The van der Waals surface area contributed by atoms with Gasteiger partial charge in [0.2, 0.25) is 0 Å². The molecule has 130 valence electrons. The minimum absolute atomic E-state index is 0.0777. The molecule has 0 bridgehead atoms. The lowest BCUT2D eigenvalue weighted by Crippen LogP contribution is -2.32. The number of carbonyl (C=O) groups is 2. The molecular formula is C20H21NO4. The van der Waals surface area contributed by atoms with Gasteiger partial charge in [-0.1, -0.05) is 32.9 Å². The number of nitrogens with zero attached hydrogens (tertiary/aromatic N) is 1. The number of hydrogen-bond acceptors (Lipinski definition) is 4. The molecule has 1 N–H and O–H groups in total. The Labute approximate surface area is 146 Å². The van der Waals surface area contributed by atoms with Gasteiger partial charge in [0.1, 0.15) is 11.8 Å². The summed E-state index contributed by atoms with van der Waals surface area (Å²) in [7, 11) is 0. The third kappa shape index (κ3) is 2.86. The quantitative estimate of drug-likeness (QED) is 0.914. The fourth-order valence-corrected chi connectivity index (χ4v) is 3.00. The van der Waals surface area contributed by atoms with E-state index in [1.807, 2.05) is 25.1 Å². The molecule has 0 saturated carbocycles. The number of aliphatic hydroxyl groups excluding tert-OH is 1. The van der Waals surface area contributed by atoms with Gasteiger partial charge in [-0.3, -0.25) is 14.5 Å². The molecule has 2 heterocycles. The minimum atomic E-state index is -0.781. The number of furan rings is 1. The summed E-state index contributed by atoms with van der Waals surface area (Å²) in [6.07, 6.45) is 1.49. The van der Waals surface area contributed by atoms with E-state index in [9.17, 15) is 14.7 Å². The topological polar surface area (TPSA) is 70.8 Å². The summed E-state index contributed by atoms with van der Waals surface area (Å²) in [4.78, 5) is 27.1. The second-order valence-corrected chi connectivity index (χ2v) is 7.27. The molecule has 1 amide bonds. The Morgan fingerprint density at radius 3 is 2.48 bits per heavy atom. The Balaban J connectivity index is 2.18. The number of hydrogen-bond donors (Lipinski definition) is 1. The number of aryl methyl sites for hydroxylation is 1. The van der Waals surface area contributed by atoms with Crippen LogP contribution >= 0.6 is 0 Å². The number of anilines is 1. The maximum atomic E-state index is 12.9. The summed E-state index contributed by atoms with van der Waals surface area (Å²) in [5, 5.41) is 10.5. The molecule has 5 heteroatoms. The van der Waals surface area contributed by atoms with Crippen molar-refractivity contribution in [2.75, 3.05) is 4.90 Å². The molecule has 1 aromatic carbocycles. The van der Waals surface area contributed by atoms with Gasteiger partial charge in [0.25, 0.3) is 5.91 Å². The van der Waals surface area contributed by atoms with Gasteiger partial charge in [-0.15, -0.1) is 0 Å². The number of aliphatic hydroxyl groups is 1. The summed E-state index contributed by atoms with van der Waals surface area (Å²) in [6.45, 7) is 7.19. The zero-order valence-electron chi connectivity index (χ0n) is 14.7. The first kappa shape index (κ1) is 17.0. The highest BCUT2D eigenvalue weighted by molar-refractivity contribution is 6.17. The first-order valence-electron chi connectivity index (χ1n) is 8.13. The van der Waals surface area contributed by atoms with E-state index in [1.165, 1.54) is 11.2 Å². The molecule has 0 aliphatic carbocycles. The van der Waals surface area contributed by atoms with Crippen LogP contribution in [0.5, 0.6) is 0 Å². The maximum absolute atomic E-state index is 12.9. The molecular weight excluding hydrogens is 318 g/mol. The molecule has 1 aliphatic heterocycles. The number of amides is 1. The molecule has 0 fully saturated rings. The molecule has 1 atom stereocenters. The van der Waals surface area contributed by atoms with Gasteiger partial charge in [-0.05, 0) is 36.8 Å². The second kappa shape index (κ2) is 5.92. The van der Waals surface area contributed by atoms with Crippen molar-refractivity contribution in [1.29, 1.82) is 0 Å². The third-order valence-corrected chi connectivity index (χ3v) is 4.23. The van der Waals surface area contributed by atoms with Gasteiger partial charge in [0, 0.05) is 11.1 Å². The highest BCUT2D eigenvalue weighted by atomic mass is 16.3. The minimum Gasteiger partial charge on any atom is -0.503 e. The molecule has 1 unspecified atom stereocenters. The van der Waals surface area contributed by atoms with Crippen LogP contribution in [0.3, 0.4) is 0 Å². The van der Waals surface area contributed by atoms with Crippen LogP contribution < -0.4 is 4.90 Å². The van der Waals surface area contributed by atoms with Crippen molar-refractivity contribution in [1.82, 2.24) is 0 Å². The van der Waals surface area contributed by atoms with Crippen molar-refractivity contribution < 1.29 is 19.1 Å². The number of Topliss-reactive ketones (excluding diaryl/α,β-unsaturated/α-hetero) is 1. The Morgan fingerprint density at radius 2 is 1.92 bits per heavy atom. The molecule has 2 aromatic rings. The normalized spacial score (nSPS) is 18.2. The largest absolute Gasteiger partial charge is 0.503 e. The number of carbonyl (C=O) groups excluding carboxylic acids is 2. The van der Waals surface area contributed by atoms with Gasteiger partial charge in [0.15, 0.2) is 11.5 Å². The summed E-state index contributed by atoms with van der Waals surface area (Å²) >= 11 is 0. The molecule has 0 radical (unpaired) electrons. The van der Waals surface area contributed by atoms with Crippen LogP contribution in [-0.2, 0) is 9.59 Å². The van der Waals surface area contributed by atoms with E-state index in [-0.39, 0.29) is 11.4 Å². The second-order valence-electron chi connectivity index (χ2n) is 7.27. The van der Waals surface area contributed by atoms with Gasteiger partial charge in [-0.25, -0.2) is 0 Å². The Morgan fingerprint density at radius 1 is 1.20 bits per heavy atom. The zero-order valence-corrected chi connectivity index (χ0v) is 14.7. The van der Waals surface area contributed by atoms with E-state index in [4.69, 9.17) is 4.42 Å². The van der Waals surface area contributed by atoms with Crippen molar-refractivity contribution in [3.05, 3.63) is 65.3 Å². The van der Waals surface area contributed by atoms with Gasteiger partial charge < -0.3 is 9.52 Å². The van der Waals surface area contributed by atoms with E-state index in [2.05, 4.69) is 0 Å². The molecule has 0 saturated heterocycles. The highest BCUT2D eigenvalue weighted by Gasteiger charge is 2.47. The number of rotatable bonds is 3. The van der Waals surface area contributed by atoms with Gasteiger partial charge in [0.05, 0.1) is 11.8 Å². The molecule has 3 rings (SSSR count). The van der Waals surface area contributed by atoms with E-state index in [1.54, 1.807) is 39.0 Å². The smallest absolute Gasteiger partial charge is 0.294 e. The van der Waals surface area contributed by atoms with Crippen molar-refractivity contribution in [2.24, 2.45) is 5.41 Å². The average Bonchev–Trinajstić information content (AvgIpc) is 3.13. The average molecular weight is 339 g/mol. The monoisotopic (exact) mass is 339 g/mol. The summed E-state index contributed by atoms with van der Waals surface area (Å²) < 4.78 is 5.50. The Kier molecular flexibility index (Phi) is 4.03. The fraction of sp³-hybridized carbons (Fsp3) is 0.300. The van der Waals surface area contributed by atoms with Crippen LogP contribution in [0.25, 0.3) is 0 Å². The van der Waals surface area contributed by atoms with Crippen molar-refractivity contribution in [3.8, 4) is 0 Å². The first-order chi connectivity index (χ1) is 11.7. The summed E-state index contributed by atoms with van der Waals surface area (Å²) in [6, 6.07) is 9.98. The van der Waals surface area contributed by atoms with Crippen LogP contribution in [0.4, 0.5) is 5.69 Å². The van der Waals surface area contributed by atoms with E-state index >= 15 is 0 Å². The molecule has 0 spiro atoms. The van der Waals surface area contributed by atoms with Crippen molar-refractivity contribution >= 4 is 17.4 Å². The van der Waals surface area contributed by atoms with Gasteiger partial charge >= 0.3 is 0 Å². The van der Waals surface area contributed by atoms with Crippen LogP contribution in [0.2, 0.25) is 0 Å². The standard InChI is InChI=1S/C20H21NO4/c1-12-7-5-8-13(11-12)21-16(14-9-6-10-25-14)15(17(22)19(21)24)18(23)20(2,3)4/h5-11,16,22H,1-4H3. The molecule has 1 aromatic heterocycles. The Hall–Kier alpha value is -2.82.